The SMILES string of the molecule is CC12CC3CC(C)(C1)CC(N/C=C/C(=O)O)(C3)C2. The molecule has 2 N–H and O–H groups in total. The van der Waals surface area contributed by atoms with Gasteiger partial charge < -0.3 is 10.4 Å². The van der Waals surface area contributed by atoms with Crippen molar-refractivity contribution in [1.82, 2.24) is 5.32 Å². The molecule has 0 aliphatic heterocycles. The summed E-state index contributed by atoms with van der Waals surface area (Å²) in [6, 6.07) is 0. The highest BCUT2D eigenvalue weighted by Crippen LogP contribution is 2.66. The number of hydrogen-bond donors (Lipinski definition) is 2. The molecule has 3 heteroatoms. The van der Waals surface area contributed by atoms with Crippen molar-refractivity contribution in [2.24, 2.45) is 16.7 Å². The molecule has 2 atom stereocenters. The third-order valence-electron chi connectivity index (χ3n) is 5.24. The maximum atomic E-state index is 10.6. The standard InChI is InChI=1S/C15H23NO2/c1-13-5-11-6-14(2,8-13)10-15(7-11,9-13)16-4-3-12(17)18/h3-4,11,16H,5-10H2,1-2H3,(H,17,18)/b4-3+. The summed E-state index contributed by atoms with van der Waals surface area (Å²) in [5, 5.41) is 12.1. The molecule has 0 aromatic rings. The van der Waals surface area contributed by atoms with Crippen molar-refractivity contribution < 1.29 is 9.90 Å². The van der Waals surface area contributed by atoms with E-state index in [1.807, 2.05) is 0 Å². The highest BCUT2D eigenvalue weighted by atomic mass is 16.4. The van der Waals surface area contributed by atoms with Gasteiger partial charge >= 0.3 is 5.97 Å². The monoisotopic (exact) mass is 249 g/mol. The van der Waals surface area contributed by atoms with Crippen LogP contribution in [0.25, 0.3) is 0 Å². The maximum Gasteiger partial charge on any atom is 0.329 e. The third-order valence-corrected chi connectivity index (χ3v) is 5.24. The van der Waals surface area contributed by atoms with Gasteiger partial charge in [0.15, 0.2) is 0 Å². The van der Waals surface area contributed by atoms with Crippen LogP contribution >= 0.6 is 0 Å². The number of carboxylic acids is 1. The van der Waals surface area contributed by atoms with E-state index in [0.29, 0.717) is 10.8 Å². The summed E-state index contributed by atoms with van der Waals surface area (Å²) in [5.74, 6) is -0.0355. The van der Waals surface area contributed by atoms with E-state index in [2.05, 4.69) is 19.2 Å². The van der Waals surface area contributed by atoms with Crippen LogP contribution in [0.15, 0.2) is 12.3 Å². The van der Waals surface area contributed by atoms with Gasteiger partial charge in [-0.05, 0) is 55.3 Å². The minimum atomic E-state index is -0.871. The van der Waals surface area contributed by atoms with E-state index >= 15 is 0 Å². The van der Waals surface area contributed by atoms with E-state index in [9.17, 15) is 4.79 Å². The molecular formula is C15H23NO2. The number of carboxylic acid groups (broad SMARTS) is 1. The Morgan fingerprint density at radius 3 is 2.28 bits per heavy atom. The zero-order chi connectivity index (χ0) is 13.0. The van der Waals surface area contributed by atoms with Crippen LogP contribution < -0.4 is 5.32 Å². The third kappa shape index (κ3) is 1.94. The molecule has 3 nitrogen and oxygen atoms in total. The minimum absolute atomic E-state index is 0.162. The average molecular weight is 249 g/mol. The first-order valence-electron chi connectivity index (χ1n) is 7.00. The van der Waals surface area contributed by atoms with Crippen molar-refractivity contribution >= 4 is 5.97 Å². The van der Waals surface area contributed by atoms with E-state index in [4.69, 9.17) is 5.11 Å². The molecule has 4 bridgehead atoms. The summed E-state index contributed by atoms with van der Waals surface area (Å²) in [5.41, 5.74) is 1.10. The molecule has 0 saturated heterocycles. The summed E-state index contributed by atoms with van der Waals surface area (Å²) in [6.07, 6.45) is 10.6. The van der Waals surface area contributed by atoms with Crippen LogP contribution in [-0.4, -0.2) is 16.6 Å². The second kappa shape index (κ2) is 3.52. The van der Waals surface area contributed by atoms with Gasteiger partial charge in [-0.3, -0.25) is 0 Å². The normalized spacial score (nSPS) is 49.8. The first kappa shape index (κ1) is 12.1. The van der Waals surface area contributed by atoms with Gasteiger partial charge in [-0.15, -0.1) is 0 Å². The van der Waals surface area contributed by atoms with Gasteiger partial charge in [0.25, 0.3) is 0 Å². The zero-order valence-electron chi connectivity index (χ0n) is 11.3. The Hall–Kier alpha value is -0.990. The molecule has 18 heavy (non-hydrogen) atoms. The van der Waals surface area contributed by atoms with Crippen LogP contribution in [0.2, 0.25) is 0 Å². The number of aliphatic carboxylic acids is 1. The lowest BCUT2D eigenvalue weighted by molar-refractivity contribution is -0.131. The van der Waals surface area contributed by atoms with E-state index in [1.165, 1.54) is 44.6 Å². The first-order chi connectivity index (χ1) is 8.32. The summed E-state index contributed by atoms with van der Waals surface area (Å²) >= 11 is 0. The molecule has 0 aromatic heterocycles. The largest absolute Gasteiger partial charge is 0.478 e. The predicted molar refractivity (Wildman–Crippen MR) is 70.0 cm³/mol. The molecule has 4 aliphatic rings. The minimum Gasteiger partial charge on any atom is -0.478 e. The lowest BCUT2D eigenvalue weighted by atomic mass is 9.43. The summed E-state index contributed by atoms with van der Waals surface area (Å²) in [6.45, 7) is 4.85. The van der Waals surface area contributed by atoms with Crippen molar-refractivity contribution in [3.05, 3.63) is 12.3 Å². The predicted octanol–water partition coefficient (Wildman–Crippen LogP) is 2.92. The van der Waals surface area contributed by atoms with Gasteiger partial charge in [0.1, 0.15) is 0 Å². The lowest BCUT2D eigenvalue weighted by Crippen LogP contribution is -2.63. The van der Waals surface area contributed by atoms with Crippen molar-refractivity contribution in [3.63, 3.8) is 0 Å². The summed E-state index contributed by atoms with van der Waals surface area (Å²) < 4.78 is 0. The molecule has 0 amide bonds. The zero-order valence-corrected chi connectivity index (χ0v) is 11.3. The van der Waals surface area contributed by atoms with Crippen LogP contribution in [-0.2, 0) is 4.79 Å². The van der Waals surface area contributed by atoms with E-state index in [1.54, 1.807) is 6.20 Å². The van der Waals surface area contributed by atoms with Crippen molar-refractivity contribution in [2.45, 2.75) is 57.9 Å². The highest BCUT2D eigenvalue weighted by Gasteiger charge is 2.59. The van der Waals surface area contributed by atoms with Gasteiger partial charge in [-0.25, -0.2) is 4.79 Å². The van der Waals surface area contributed by atoms with Crippen LogP contribution in [0.4, 0.5) is 0 Å². The van der Waals surface area contributed by atoms with E-state index < -0.39 is 5.97 Å². The molecule has 4 rings (SSSR count). The Labute approximate surface area is 109 Å². The fourth-order valence-corrected chi connectivity index (χ4v) is 5.90. The van der Waals surface area contributed by atoms with Crippen LogP contribution in [0.3, 0.4) is 0 Å². The molecule has 0 aromatic carbocycles. The number of nitrogens with one attached hydrogen (secondary N) is 1. The molecule has 4 fully saturated rings. The number of carbonyl (C=O) groups is 1. The maximum absolute atomic E-state index is 10.6. The second-order valence-corrected chi connectivity index (χ2v) is 7.73. The van der Waals surface area contributed by atoms with E-state index in [0.717, 1.165) is 5.92 Å². The molecular weight excluding hydrogens is 226 g/mol. The molecule has 0 radical (unpaired) electrons. The molecule has 0 spiro atoms. The summed E-state index contributed by atoms with van der Waals surface area (Å²) in [4.78, 5) is 10.6. The van der Waals surface area contributed by atoms with Crippen LogP contribution in [0, 0.1) is 16.7 Å². The fraction of sp³-hybridized carbons (Fsp3) is 0.800. The van der Waals surface area contributed by atoms with Gasteiger partial charge in [-0.1, -0.05) is 13.8 Å². The number of rotatable bonds is 3. The summed E-state index contributed by atoms with van der Waals surface area (Å²) in [7, 11) is 0. The Morgan fingerprint density at radius 1 is 1.17 bits per heavy atom. The van der Waals surface area contributed by atoms with Gasteiger partial charge in [0, 0.05) is 17.8 Å². The molecule has 100 valence electrons. The second-order valence-electron chi connectivity index (χ2n) is 7.73. The molecule has 4 aliphatic carbocycles. The van der Waals surface area contributed by atoms with Crippen molar-refractivity contribution in [3.8, 4) is 0 Å². The molecule has 0 heterocycles. The lowest BCUT2D eigenvalue weighted by Gasteiger charge is -2.65. The van der Waals surface area contributed by atoms with Crippen LogP contribution in [0.1, 0.15) is 52.4 Å². The Bertz CT molecular complexity index is 397. The van der Waals surface area contributed by atoms with Crippen LogP contribution in [0.5, 0.6) is 0 Å². The Morgan fingerprint density at radius 2 is 1.78 bits per heavy atom. The van der Waals surface area contributed by atoms with Gasteiger partial charge in [-0.2, -0.15) is 0 Å². The topological polar surface area (TPSA) is 49.3 Å². The van der Waals surface area contributed by atoms with Gasteiger partial charge in [0.05, 0.1) is 0 Å². The van der Waals surface area contributed by atoms with Gasteiger partial charge in [0.2, 0.25) is 0 Å². The highest BCUT2D eigenvalue weighted by molar-refractivity contribution is 5.79. The Kier molecular flexibility index (Phi) is 2.36. The van der Waals surface area contributed by atoms with Crippen molar-refractivity contribution in [2.75, 3.05) is 0 Å². The van der Waals surface area contributed by atoms with Crippen molar-refractivity contribution in [1.29, 1.82) is 0 Å². The molecule has 4 saturated carbocycles. The number of hydrogen-bond acceptors (Lipinski definition) is 2. The average Bonchev–Trinajstić information content (AvgIpc) is 2.09. The Balaban J connectivity index is 1.82. The van der Waals surface area contributed by atoms with E-state index in [-0.39, 0.29) is 5.54 Å². The first-order valence-corrected chi connectivity index (χ1v) is 7.00. The fourth-order valence-electron chi connectivity index (χ4n) is 5.90. The smallest absolute Gasteiger partial charge is 0.329 e. The molecule has 2 unspecified atom stereocenters. The quantitative estimate of drug-likeness (QED) is 0.756.